The SMILES string of the molecule is COc1ccc(S(=O)(=O)N2CCc3cc(C=C(C(=O)O)C(C)(C)C)cnc32)cc1OC. The Morgan fingerprint density at radius 3 is 2.42 bits per heavy atom. The molecule has 9 heteroatoms. The van der Waals surface area contributed by atoms with Crippen LogP contribution in [0.4, 0.5) is 5.82 Å². The van der Waals surface area contributed by atoms with E-state index in [-0.39, 0.29) is 17.0 Å². The van der Waals surface area contributed by atoms with E-state index in [0.29, 0.717) is 29.3 Å². The van der Waals surface area contributed by atoms with Crippen molar-refractivity contribution in [2.75, 3.05) is 25.1 Å². The highest BCUT2D eigenvalue weighted by molar-refractivity contribution is 7.92. The number of hydrogen-bond donors (Lipinski definition) is 1. The van der Waals surface area contributed by atoms with E-state index in [0.717, 1.165) is 5.56 Å². The van der Waals surface area contributed by atoms with Gasteiger partial charge in [0.1, 0.15) is 5.82 Å². The number of rotatable bonds is 6. The summed E-state index contributed by atoms with van der Waals surface area (Å²) in [5.74, 6) is 0.107. The Balaban J connectivity index is 1.98. The minimum atomic E-state index is -3.86. The molecule has 2 heterocycles. The maximum absolute atomic E-state index is 13.2. The summed E-state index contributed by atoms with van der Waals surface area (Å²) < 4.78 is 38.2. The van der Waals surface area contributed by atoms with E-state index in [1.54, 1.807) is 18.2 Å². The summed E-state index contributed by atoms with van der Waals surface area (Å²) in [6.45, 7) is 5.72. The van der Waals surface area contributed by atoms with Gasteiger partial charge in [0.2, 0.25) is 0 Å². The molecule has 0 aliphatic carbocycles. The number of carbonyl (C=O) groups is 1. The fourth-order valence-electron chi connectivity index (χ4n) is 3.44. The summed E-state index contributed by atoms with van der Waals surface area (Å²) >= 11 is 0. The third kappa shape index (κ3) is 4.36. The van der Waals surface area contributed by atoms with Gasteiger partial charge in [0.25, 0.3) is 10.0 Å². The average molecular weight is 447 g/mol. The van der Waals surface area contributed by atoms with E-state index in [4.69, 9.17) is 9.47 Å². The molecule has 0 atom stereocenters. The van der Waals surface area contributed by atoms with Crippen LogP contribution in [0.15, 0.2) is 40.9 Å². The Morgan fingerprint density at radius 2 is 1.84 bits per heavy atom. The van der Waals surface area contributed by atoms with Crippen LogP contribution in [0.25, 0.3) is 6.08 Å². The smallest absolute Gasteiger partial charge is 0.332 e. The van der Waals surface area contributed by atoms with Gasteiger partial charge in [0.15, 0.2) is 11.5 Å². The van der Waals surface area contributed by atoms with Crippen LogP contribution < -0.4 is 13.8 Å². The number of carboxylic acid groups (broad SMARTS) is 1. The van der Waals surface area contributed by atoms with Crippen molar-refractivity contribution >= 4 is 27.9 Å². The van der Waals surface area contributed by atoms with Crippen LogP contribution in [-0.2, 0) is 21.2 Å². The van der Waals surface area contributed by atoms with E-state index in [1.165, 1.54) is 36.9 Å². The molecule has 31 heavy (non-hydrogen) atoms. The van der Waals surface area contributed by atoms with Crippen molar-refractivity contribution in [1.82, 2.24) is 4.98 Å². The number of aliphatic carboxylic acids is 1. The number of nitrogens with zero attached hydrogens (tertiary/aromatic N) is 2. The number of aromatic nitrogens is 1. The summed E-state index contributed by atoms with van der Waals surface area (Å²) in [6.07, 6.45) is 3.56. The van der Waals surface area contributed by atoms with Crippen molar-refractivity contribution in [2.45, 2.75) is 32.1 Å². The summed E-state index contributed by atoms with van der Waals surface area (Å²) in [5, 5.41) is 9.52. The number of benzene rings is 1. The molecule has 3 rings (SSSR count). The molecule has 1 aliphatic rings. The molecule has 0 radical (unpaired) electrons. The number of ether oxygens (including phenoxy) is 2. The Kier molecular flexibility index (Phi) is 6.00. The van der Waals surface area contributed by atoms with Gasteiger partial charge in [-0.2, -0.15) is 0 Å². The summed E-state index contributed by atoms with van der Waals surface area (Å²) in [6, 6.07) is 6.23. The van der Waals surface area contributed by atoms with Gasteiger partial charge in [0.05, 0.1) is 19.1 Å². The molecule has 0 amide bonds. The number of pyridine rings is 1. The molecule has 0 spiro atoms. The molecule has 0 fully saturated rings. The highest BCUT2D eigenvalue weighted by atomic mass is 32.2. The van der Waals surface area contributed by atoms with E-state index in [2.05, 4.69) is 4.98 Å². The average Bonchev–Trinajstić information content (AvgIpc) is 3.14. The molecular weight excluding hydrogens is 420 g/mol. The molecule has 1 aliphatic heterocycles. The molecule has 0 saturated carbocycles. The molecule has 0 saturated heterocycles. The monoisotopic (exact) mass is 446 g/mol. The minimum Gasteiger partial charge on any atom is -0.493 e. The van der Waals surface area contributed by atoms with E-state index >= 15 is 0 Å². The summed E-state index contributed by atoms with van der Waals surface area (Å²) in [7, 11) is -0.933. The molecular formula is C22H26N2O6S. The van der Waals surface area contributed by atoms with Crippen LogP contribution in [0.1, 0.15) is 31.9 Å². The highest BCUT2D eigenvalue weighted by Gasteiger charge is 2.33. The van der Waals surface area contributed by atoms with Crippen LogP contribution in [0.2, 0.25) is 0 Å². The molecule has 0 unspecified atom stereocenters. The van der Waals surface area contributed by atoms with Crippen molar-refractivity contribution < 1.29 is 27.8 Å². The number of carboxylic acids is 1. The van der Waals surface area contributed by atoms with Gasteiger partial charge in [-0.15, -0.1) is 0 Å². The molecule has 1 aromatic heterocycles. The zero-order chi connectivity index (χ0) is 23.0. The second-order valence-corrected chi connectivity index (χ2v) is 10.1. The zero-order valence-electron chi connectivity index (χ0n) is 18.2. The van der Waals surface area contributed by atoms with Gasteiger partial charge < -0.3 is 14.6 Å². The van der Waals surface area contributed by atoms with Gasteiger partial charge in [-0.1, -0.05) is 20.8 Å². The normalized spacial score (nSPS) is 14.4. The predicted molar refractivity (Wildman–Crippen MR) is 117 cm³/mol. The number of hydrogen-bond acceptors (Lipinski definition) is 6. The van der Waals surface area contributed by atoms with Crippen molar-refractivity contribution in [3.05, 3.63) is 47.2 Å². The second-order valence-electron chi connectivity index (χ2n) is 8.21. The van der Waals surface area contributed by atoms with Crippen molar-refractivity contribution in [3.63, 3.8) is 0 Å². The van der Waals surface area contributed by atoms with Gasteiger partial charge >= 0.3 is 5.97 Å². The molecule has 0 bridgehead atoms. The largest absolute Gasteiger partial charge is 0.493 e. The maximum Gasteiger partial charge on any atom is 0.332 e. The molecule has 8 nitrogen and oxygen atoms in total. The molecule has 2 aromatic rings. The standard InChI is InChI=1S/C22H26N2O6S/c1-22(2,3)17(21(25)26)11-14-10-15-8-9-24(20(15)23-13-14)31(27,28)16-6-7-18(29-4)19(12-16)30-5/h6-7,10-13H,8-9H2,1-5H3,(H,25,26). The first kappa shape index (κ1) is 22.6. The van der Waals surface area contributed by atoms with Gasteiger partial charge in [-0.25, -0.2) is 22.5 Å². The first-order valence-corrected chi connectivity index (χ1v) is 11.1. The minimum absolute atomic E-state index is 0.0738. The van der Waals surface area contributed by atoms with Crippen LogP contribution in [0, 0.1) is 5.41 Å². The first-order chi connectivity index (χ1) is 14.5. The zero-order valence-corrected chi connectivity index (χ0v) is 19.0. The molecule has 166 valence electrons. The lowest BCUT2D eigenvalue weighted by atomic mass is 9.85. The number of anilines is 1. The van der Waals surface area contributed by atoms with E-state index < -0.39 is 21.4 Å². The van der Waals surface area contributed by atoms with Crippen molar-refractivity contribution in [2.24, 2.45) is 5.41 Å². The van der Waals surface area contributed by atoms with Crippen LogP contribution in [0.5, 0.6) is 11.5 Å². The number of fused-ring (bicyclic) bond motifs is 1. The first-order valence-electron chi connectivity index (χ1n) is 9.68. The molecule has 1 aromatic carbocycles. The van der Waals surface area contributed by atoms with E-state index in [1.807, 2.05) is 20.8 Å². The summed E-state index contributed by atoms with van der Waals surface area (Å²) in [5.41, 5.74) is 1.07. The Bertz CT molecular complexity index is 1150. The Morgan fingerprint density at radius 1 is 1.16 bits per heavy atom. The van der Waals surface area contributed by atoms with Gasteiger partial charge in [0, 0.05) is 24.4 Å². The topological polar surface area (TPSA) is 106 Å². The summed E-state index contributed by atoms with van der Waals surface area (Å²) in [4.78, 5) is 16.1. The predicted octanol–water partition coefficient (Wildman–Crippen LogP) is 3.36. The highest BCUT2D eigenvalue weighted by Crippen LogP contribution is 2.36. The lowest BCUT2D eigenvalue weighted by molar-refractivity contribution is -0.133. The quantitative estimate of drug-likeness (QED) is 0.678. The Hall–Kier alpha value is -3.07. The fraction of sp³-hybridized carbons (Fsp3) is 0.364. The number of sulfonamides is 1. The second kappa shape index (κ2) is 8.22. The van der Waals surface area contributed by atoms with Gasteiger partial charge in [-0.3, -0.25) is 0 Å². The number of methoxy groups -OCH3 is 2. The maximum atomic E-state index is 13.2. The Labute approximate surface area is 182 Å². The van der Waals surface area contributed by atoms with Crippen LogP contribution in [-0.4, -0.2) is 45.2 Å². The third-order valence-corrected chi connectivity index (χ3v) is 6.86. The van der Waals surface area contributed by atoms with Crippen molar-refractivity contribution in [1.29, 1.82) is 0 Å². The van der Waals surface area contributed by atoms with Crippen molar-refractivity contribution in [3.8, 4) is 11.5 Å². The van der Waals surface area contributed by atoms with Crippen LogP contribution >= 0.6 is 0 Å². The van der Waals surface area contributed by atoms with Gasteiger partial charge in [-0.05, 0) is 47.2 Å². The lowest BCUT2D eigenvalue weighted by Gasteiger charge is -2.20. The van der Waals surface area contributed by atoms with E-state index in [9.17, 15) is 18.3 Å². The third-order valence-electron chi connectivity index (χ3n) is 5.08. The fourth-order valence-corrected chi connectivity index (χ4v) is 4.92. The molecule has 1 N–H and O–H groups in total. The lowest BCUT2D eigenvalue weighted by Crippen LogP contribution is -2.29. The van der Waals surface area contributed by atoms with Crippen LogP contribution in [0.3, 0.4) is 0 Å².